The number of fused-ring (bicyclic) bond motifs is 1. The Morgan fingerprint density at radius 2 is 1.70 bits per heavy atom. The minimum atomic E-state index is -0.942. The van der Waals surface area contributed by atoms with Crippen molar-refractivity contribution in [3.8, 4) is 5.75 Å². The minimum Gasteiger partial charge on any atom is -0.506 e. The topological polar surface area (TPSA) is 104 Å². The summed E-state index contributed by atoms with van der Waals surface area (Å²) in [7, 11) is 0. The number of nitrogen functional groups attached to an aromatic ring is 1. The Labute approximate surface area is 198 Å². The molecule has 3 aromatic rings. The number of hydrogen-bond acceptors (Lipinski definition) is 4. The highest BCUT2D eigenvalue weighted by atomic mass is 35.5. The molecule has 0 spiro atoms. The van der Waals surface area contributed by atoms with Crippen LogP contribution in [0.25, 0.3) is 0 Å². The van der Waals surface area contributed by atoms with Crippen molar-refractivity contribution in [2.45, 2.75) is 32.1 Å². The lowest BCUT2D eigenvalue weighted by atomic mass is 9.86. The number of phenolic OH excluding ortho intramolecular Hbond substituents is 1. The van der Waals surface area contributed by atoms with E-state index in [1.165, 1.54) is 4.90 Å². The maximum Gasteiger partial charge on any atom is 0.312 e. The summed E-state index contributed by atoms with van der Waals surface area (Å²) in [4.78, 5) is 26.1. The molecule has 1 heterocycles. The van der Waals surface area contributed by atoms with Crippen LogP contribution in [-0.4, -0.2) is 28.6 Å². The van der Waals surface area contributed by atoms with Crippen molar-refractivity contribution in [1.29, 1.82) is 0 Å². The van der Waals surface area contributed by atoms with Crippen molar-refractivity contribution in [3.63, 3.8) is 0 Å². The van der Waals surface area contributed by atoms with E-state index in [1.54, 1.807) is 54.6 Å². The molecule has 0 radical (unpaired) electrons. The van der Waals surface area contributed by atoms with Gasteiger partial charge in [-0.15, -0.1) is 0 Å². The number of carbonyl (C=O) groups excluding carboxylic acids is 1. The highest BCUT2D eigenvalue weighted by Gasteiger charge is 2.36. The number of rotatable bonds is 2. The zero-order chi connectivity index (χ0) is 24.3. The largest absolute Gasteiger partial charge is 0.506 e. The van der Waals surface area contributed by atoms with Crippen molar-refractivity contribution in [2.75, 3.05) is 17.2 Å². The van der Waals surface area contributed by atoms with Gasteiger partial charge in [-0.3, -0.25) is 9.59 Å². The van der Waals surface area contributed by atoms with Gasteiger partial charge in [0.05, 0.1) is 5.69 Å². The molecule has 1 aliphatic heterocycles. The molecule has 0 fully saturated rings. The SMILES string of the molecule is CC(C)(C)c1ccc(N2CC(C(=O)O)c3ccccc3C2=O)cc1Cl.Nc1ccccc1O. The van der Waals surface area contributed by atoms with Crippen molar-refractivity contribution >= 4 is 34.9 Å². The number of nitrogens with two attached hydrogens (primary N) is 1. The van der Waals surface area contributed by atoms with Crippen LogP contribution in [0.1, 0.15) is 48.2 Å². The van der Waals surface area contributed by atoms with E-state index in [4.69, 9.17) is 22.4 Å². The summed E-state index contributed by atoms with van der Waals surface area (Å²) in [6.07, 6.45) is 0. The average Bonchev–Trinajstić information content (AvgIpc) is 2.75. The number of benzene rings is 3. The van der Waals surface area contributed by atoms with Gasteiger partial charge in [-0.25, -0.2) is 0 Å². The molecule has 0 aliphatic carbocycles. The van der Waals surface area contributed by atoms with Gasteiger partial charge in [0.15, 0.2) is 0 Å². The molecule has 0 bridgehead atoms. The third-order valence-corrected chi connectivity index (χ3v) is 5.80. The van der Waals surface area contributed by atoms with Crippen LogP contribution in [-0.2, 0) is 10.2 Å². The van der Waals surface area contributed by atoms with E-state index in [0.29, 0.717) is 27.5 Å². The molecule has 1 atom stereocenters. The van der Waals surface area contributed by atoms with Gasteiger partial charge in [0.2, 0.25) is 0 Å². The molecule has 7 heteroatoms. The predicted molar refractivity (Wildman–Crippen MR) is 131 cm³/mol. The number of phenols is 1. The first-order valence-electron chi connectivity index (χ1n) is 10.5. The molecule has 1 amide bonds. The molecule has 33 heavy (non-hydrogen) atoms. The second-order valence-corrected chi connectivity index (χ2v) is 9.27. The van der Waals surface area contributed by atoms with Crippen LogP contribution in [0.5, 0.6) is 5.75 Å². The highest BCUT2D eigenvalue weighted by Crippen LogP contribution is 2.36. The number of aromatic hydroxyl groups is 1. The highest BCUT2D eigenvalue weighted by molar-refractivity contribution is 6.32. The molecular weight excluding hydrogens is 440 g/mol. The molecule has 3 aromatic carbocycles. The van der Waals surface area contributed by atoms with Gasteiger partial charge in [-0.1, -0.05) is 68.8 Å². The van der Waals surface area contributed by atoms with Crippen LogP contribution in [0, 0.1) is 0 Å². The molecule has 0 saturated heterocycles. The van der Waals surface area contributed by atoms with E-state index in [-0.39, 0.29) is 23.6 Å². The lowest BCUT2D eigenvalue weighted by Crippen LogP contribution is -2.42. The van der Waals surface area contributed by atoms with E-state index in [0.717, 1.165) is 5.56 Å². The Kier molecular flexibility index (Phi) is 6.98. The number of nitrogens with zero attached hydrogens (tertiary/aromatic N) is 1. The van der Waals surface area contributed by atoms with Gasteiger partial charge in [0.25, 0.3) is 5.91 Å². The third kappa shape index (κ3) is 5.29. The second-order valence-electron chi connectivity index (χ2n) is 8.87. The Hall–Kier alpha value is -3.51. The monoisotopic (exact) mass is 466 g/mol. The Morgan fingerprint density at radius 3 is 2.24 bits per heavy atom. The molecule has 0 aromatic heterocycles. The first-order valence-corrected chi connectivity index (χ1v) is 10.9. The summed E-state index contributed by atoms with van der Waals surface area (Å²) in [5.74, 6) is -1.75. The van der Waals surface area contributed by atoms with Gasteiger partial charge in [-0.2, -0.15) is 0 Å². The first-order chi connectivity index (χ1) is 15.5. The van der Waals surface area contributed by atoms with Gasteiger partial charge in [0.1, 0.15) is 11.7 Å². The number of aliphatic carboxylic acids is 1. The van der Waals surface area contributed by atoms with Gasteiger partial charge >= 0.3 is 5.97 Å². The van der Waals surface area contributed by atoms with Crippen LogP contribution in [0.15, 0.2) is 66.7 Å². The quantitative estimate of drug-likeness (QED) is 0.344. The summed E-state index contributed by atoms with van der Waals surface area (Å²) in [6.45, 7) is 6.29. The normalized spacial score (nSPS) is 15.3. The number of carbonyl (C=O) groups is 2. The van der Waals surface area contributed by atoms with Crippen molar-refractivity contribution in [1.82, 2.24) is 0 Å². The van der Waals surface area contributed by atoms with E-state index >= 15 is 0 Å². The molecule has 0 saturated carbocycles. The van der Waals surface area contributed by atoms with Crippen LogP contribution in [0.3, 0.4) is 0 Å². The fourth-order valence-electron chi connectivity index (χ4n) is 3.71. The van der Waals surface area contributed by atoms with Crippen LogP contribution in [0.4, 0.5) is 11.4 Å². The van der Waals surface area contributed by atoms with E-state index in [2.05, 4.69) is 20.8 Å². The summed E-state index contributed by atoms with van der Waals surface area (Å²) in [6, 6.07) is 19.1. The third-order valence-electron chi connectivity index (χ3n) is 5.48. The van der Waals surface area contributed by atoms with Crippen LogP contribution in [0.2, 0.25) is 5.02 Å². The van der Waals surface area contributed by atoms with Crippen molar-refractivity contribution < 1.29 is 19.8 Å². The summed E-state index contributed by atoms with van der Waals surface area (Å²) >= 11 is 6.43. The predicted octanol–water partition coefficient (Wildman–Crippen LogP) is 5.44. The number of amides is 1. The summed E-state index contributed by atoms with van der Waals surface area (Å²) in [5, 5.41) is 18.9. The number of para-hydroxylation sites is 2. The van der Waals surface area contributed by atoms with Crippen LogP contribution >= 0.6 is 11.6 Å². The zero-order valence-corrected chi connectivity index (χ0v) is 19.5. The van der Waals surface area contributed by atoms with Crippen molar-refractivity contribution in [3.05, 3.63) is 88.4 Å². The second kappa shape index (κ2) is 9.55. The zero-order valence-electron chi connectivity index (χ0n) is 18.7. The van der Waals surface area contributed by atoms with E-state index in [1.807, 2.05) is 12.1 Å². The average molecular weight is 467 g/mol. The summed E-state index contributed by atoms with van der Waals surface area (Å²) < 4.78 is 0. The molecule has 172 valence electrons. The Bertz CT molecular complexity index is 1170. The molecule has 1 aliphatic rings. The maximum atomic E-state index is 12.9. The number of anilines is 2. The van der Waals surface area contributed by atoms with Crippen molar-refractivity contribution in [2.24, 2.45) is 0 Å². The van der Waals surface area contributed by atoms with E-state index < -0.39 is 11.9 Å². The van der Waals surface area contributed by atoms with Gasteiger partial charge in [0, 0.05) is 22.8 Å². The molecule has 4 rings (SSSR count). The molecular formula is C26H27ClN2O4. The maximum absolute atomic E-state index is 12.9. The van der Waals surface area contributed by atoms with E-state index in [9.17, 15) is 14.7 Å². The summed E-state index contributed by atoms with van der Waals surface area (Å²) in [5.41, 5.74) is 8.17. The Morgan fingerprint density at radius 1 is 1.06 bits per heavy atom. The Balaban J connectivity index is 0.000000323. The number of carboxylic acids is 1. The molecule has 1 unspecified atom stereocenters. The fraction of sp³-hybridized carbons (Fsp3) is 0.231. The van der Waals surface area contributed by atoms with Gasteiger partial charge in [-0.05, 0) is 46.9 Å². The number of hydrogen-bond donors (Lipinski definition) is 3. The lowest BCUT2D eigenvalue weighted by Gasteiger charge is -2.33. The number of halogens is 1. The van der Waals surface area contributed by atoms with Gasteiger partial charge < -0.3 is 20.8 Å². The smallest absolute Gasteiger partial charge is 0.312 e. The molecule has 6 nitrogen and oxygen atoms in total. The minimum absolute atomic E-state index is 0.0936. The molecule has 4 N–H and O–H groups in total. The lowest BCUT2D eigenvalue weighted by molar-refractivity contribution is -0.138. The van der Waals surface area contributed by atoms with Crippen LogP contribution < -0.4 is 10.6 Å². The first kappa shape index (κ1) is 24.1. The number of carboxylic acid groups (broad SMARTS) is 1. The standard InChI is InChI=1S/C20H20ClNO3.C6H7NO/c1-20(2,3)16-9-8-12(10-17(16)21)22-11-15(19(24)25)13-6-4-5-7-14(13)18(22)23;7-5-3-1-2-4-6(5)8/h4-10,15H,11H2,1-3H3,(H,24,25);1-4,8H,7H2. The fourth-order valence-corrected chi connectivity index (χ4v) is 4.16.